The molecular weight excluding hydrogens is 264 g/mol. The summed E-state index contributed by atoms with van der Waals surface area (Å²) in [4.78, 5) is 14.5. The maximum absolute atomic E-state index is 12.1. The summed E-state index contributed by atoms with van der Waals surface area (Å²) >= 11 is 0. The van der Waals surface area contributed by atoms with Gasteiger partial charge in [0.15, 0.2) is 0 Å². The average molecular weight is 288 g/mol. The fourth-order valence-corrected chi connectivity index (χ4v) is 3.28. The monoisotopic (exact) mass is 288 g/mol. The van der Waals surface area contributed by atoms with Crippen molar-refractivity contribution in [3.63, 3.8) is 0 Å². The third-order valence-electron chi connectivity index (χ3n) is 4.56. The van der Waals surface area contributed by atoms with E-state index < -0.39 is 0 Å². The quantitative estimate of drug-likeness (QED) is 0.929. The minimum Gasteiger partial charge on any atom is -0.377 e. The molecule has 1 aromatic carbocycles. The Kier molecular flexibility index (Phi) is 4.44. The SMILES string of the molecule is CC1COCCN1c1ccc(NC(=O)C2CCCC2)cc1. The first-order valence-electron chi connectivity index (χ1n) is 7.99. The minimum atomic E-state index is 0.181. The Hall–Kier alpha value is -1.55. The van der Waals surface area contributed by atoms with E-state index in [2.05, 4.69) is 29.3 Å². The molecule has 2 aliphatic rings. The van der Waals surface area contributed by atoms with Crippen molar-refractivity contribution in [1.29, 1.82) is 0 Å². The van der Waals surface area contributed by atoms with E-state index in [4.69, 9.17) is 4.74 Å². The molecular formula is C17H24N2O2. The summed E-state index contributed by atoms with van der Waals surface area (Å²) in [7, 11) is 0. The minimum absolute atomic E-state index is 0.181. The van der Waals surface area contributed by atoms with Crippen LogP contribution >= 0.6 is 0 Å². The van der Waals surface area contributed by atoms with Crippen molar-refractivity contribution in [3.8, 4) is 0 Å². The van der Waals surface area contributed by atoms with Crippen LogP contribution in [0.15, 0.2) is 24.3 Å². The molecule has 1 atom stereocenters. The van der Waals surface area contributed by atoms with Crippen molar-refractivity contribution in [1.82, 2.24) is 0 Å². The molecule has 0 aromatic heterocycles. The number of morpholine rings is 1. The zero-order chi connectivity index (χ0) is 14.7. The molecule has 114 valence electrons. The second-order valence-electron chi connectivity index (χ2n) is 6.13. The normalized spacial score (nSPS) is 23.3. The summed E-state index contributed by atoms with van der Waals surface area (Å²) in [5.41, 5.74) is 2.10. The summed E-state index contributed by atoms with van der Waals surface area (Å²) in [5, 5.41) is 3.04. The van der Waals surface area contributed by atoms with Gasteiger partial charge in [-0.3, -0.25) is 4.79 Å². The van der Waals surface area contributed by atoms with Crippen LogP contribution in [-0.4, -0.2) is 31.7 Å². The lowest BCUT2D eigenvalue weighted by molar-refractivity contribution is -0.119. The van der Waals surface area contributed by atoms with Crippen molar-refractivity contribution in [2.45, 2.75) is 38.6 Å². The first kappa shape index (κ1) is 14.4. The van der Waals surface area contributed by atoms with E-state index in [1.54, 1.807) is 0 Å². The Labute approximate surface area is 126 Å². The number of benzene rings is 1. The van der Waals surface area contributed by atoms with E-state index in [1.807, 2.05) is 12.1 Å². The van der Waals surface area contributed by atoms with Crippen LogP contribution in [0.4, 0.5) is 11.4 Å². The lowest BCUT2D eigenvalue weighted by Crippen LogP contribution is -2.43. The van der Waals surface area contributed by atoms with Gasteiger partial charge >= 0.3 is 0 Å². The first-order valence-corrected chi connectivity index (χ1v) is 7.99. The molecule has 1 N–H and O–H groups in total. The van der Waals surface area contributed by atoms with E-state index in [0.29, 0.717) is 6.04 Å². The molecule has 21 heavy (non-hydrogen) atoms. The lowest BCUT2D eigenvalue weighted by atomic mass is 10.1. The number of hydrogen-bond acceptors (Lipinski definition) is 3. The van der Waals surface area contributed by atoms with Gasteiger partial charge in [0.1, 0.15) is 0 Å². The summed E-state index contributed by atoms with van der Waals surface area (Å²) in [6.45, 7) is 4.66. The third-order valence-corrected chi connectivity index (χ3v) is 4.56. The van der Waals surface area contributed by atoms with Gasteiger partial charge in [-0.15, -0.1) is 0 Å². The molecule has 2 fully saturated rings. The number of nitrogens with zero attached hydrogens (tertiary/aromatic N) is 1. The van der Waals surface area contributed by atoms with Gasteiger partial charge in [0.05, 0.1) is 13.2 Å². The molecule has 3 rings (SSSR count). The van der Waals surface area contributed by atoms with E-state index in [9.17, 15) is 4.79 Å². The summed E-state index contributed by atoms with van der Waals surface area (Å²) in [5.74, 6) is 0.393. The molecule has 0 radical (unpaired) electrons. The Morgan fingerprint density at radius 1 is 1.24 bits per heavy atom. The highest BCUT2D eigenvalue weighted by atomic mass is 16.5. The van der Waals surface area contributed by atoms with Gasteiger partial charge in [0.2, 0.25) is 5.91 Å². The maximum atomic E-state index is 12.1. The van der Waals surface area contributed by atoms with Crippen molar-refractivity contribution in [2.24, 2.45) is 5.92 Å². The molecule has 0 spiro atoms. The van der Waals surface area contributed by atoms with Crippen molar-refractivity contribution < 1.29 is 9.53 Å². The van der Waals surface area contributed by atoms with Gasteiger partial charge in [0.25, 0.3) is 0 Å². The largest absolute Gasteiger partial charge is 0.377 e. The molecule has 4 heteroatoms. The second kappa shape index (κ2) is 6.48. The van der Waals surface area contributed by atoms with Crippen LogP contribution in [0.2, 0.25) is 0 Å². The molecule has 1 aliphatic heterocycles. The zero-order valence-electron chi connectivity index (χ0n) is 12.7. The van der Waals surface area contributed by atoms with Crippen LogP contribution < -0.4 is 10.2 Å². The smallest absolute Gasteiger partial charge is 0.227 e. The predicted molar refractivity (Wildman–Crippen MR) is 84.7 cm³/mol. The number of nitrogens with one attached hydrogen (secondary N) is 1. The predicted octanol–water partition coefficient (Wildman–Crippen LogP) is 3.04. The van der Waals surface area contributed by atoms with Crippen LogP contribution in [0.3, 0.4) is 0 Å². The highest BCUT2D eigenvalue weighted by Gasteiger charge is 2.23. The molecule has 1 saturated heterocycles. The summed E-state index contributed by atoms with van der Waals surface area (Å²) in [6, 6.07) is 8.59. The van der Waals surface area contributed by atoms with Crippen LogP contribution in [0.1, 0.15) is 32.6 Å². The Balaban J connectivity index is 1.62. The summed E-state index contributed by atoms with van der Waals surface area (Å²) in [6.07, 6.45) is 4.45. The third kappa shape index (κ3) is 3.38. The van der Waals surface area contributed by atoms with Crippen molar-refractivity contribution >= 4 is 17.3 Å². The Bertz CT molecular complexity index is 480. The number of hydrogen-bond donors (Lipinski definition) is 1. The van der Waals surface area contributed by atoms with Gasteiger partial charge in [-0.2, -0.15) is 0 Å². The fraction of sp³-hybridized carbons (Fsp3) is 0.588. The molecule has 0 bridgehead atoms. The average Bonchev–Trinajstić information content (AvgIpc) is 3.03. The molecule has 1 heterocycles. The van der Waals surface area contributed by atoms with Crippen LogP contribution in [0.5, 0.6) is 0 Å². The van der Waals surface area contributed by atoms with Gasteiger partial charge in [-0.1, -0.05) is 12.8 Å². The zero-order valence-corrected chi connectivity index (χ0v) is 12.7. The standard InChI is InChI=1S/C17H24N2O2/c1-13-12-21-11-10-19(13)16-8-6-15(7-9-16)18-17(20)14-4-2-3-5-14/h6-9,13-14H,2-5,10-12H2,1H3,(H,18,20). The second-order valence-corrected chi connectivity index (χ2v) is 6.13. The number of carbonyl (C=O) groups is 1. The molecule has 1 unspecified atom stereocenters. The van der Waals surface area contributed by atoms with Gasteiger partial charge in [-0.05, 0) is 44.0 Å². The topological polar surface area (TPSA) is 41.6 Å². The van der Waals surface area contributed by atoms with Gasteiger partial charge in [0, 0.05) is 29.9 Å². The molecule has 1 saturated carbocycles. The number of ether oxygens (including phenoxy) is 1. The van der Waals surface area contributed by atoms with Crippen molar-refractivity contribution in [2.75, 3.05) is 30.0 Å². The Morgan fingerprint density at radius 2 is 1.95 bits per heavy atom. The Morgan fingerprint density at radius 3 is 2.62 bits per heavy atom. The molecule has 1 aromatic rings. The number of carbonyl (C=O) groups excluding carboxylic acids is 1. The van der Waals surface area contributed by atoms with E-state index in [-0.39, 0.29) is 11.8 Å². The number of rotatable bonds is 3. The van der Waals surface area contributed by atoms with E-state index >= 15 is 0 Å². The van der Waals surface area contributed by atoms with Crippen LogP contribution in [-0.2, 0) is 9.53 Å². The first-order chi connectivity index (χ1) is 10.2. The lowest BCUT2D eigenvalue weighted by Gasteiger charge is -2.35. The molecule has 1 aliphatic carbocycles. The van der Waals surface area contributed by atoms with Crippen LogP contribution in [0.25, 0.3) is 0 Å². The number of anilines is 2. The highest BCUT2D eigenvalue weighted by molar-refractivity contribution is 5.92. The van der Waals surface area contributed by atoms with Crippen molar-refractivity contribution in [3.05, 3.63) is 24.3 Å². The van der Waals surface area contributed by atoms with Crippen LogP contribution in [0, 0.1) is 5.92 Å². The highest BCUT2D eigenvalue weighted by Crippen LogP contribution is 2.27. The fourth-order valence-electron chi connectivity index (χ4n) is 3.28. The van der Waals surface area contributed by atoms with Gasteiger partial charge < -0.3 is 15.0 Å². The summed E-state index contributed by atoms with van der Waals surface area (Å²) < 4.78 is 5.47. The molecule has 1 amide bonds. The van der Waals surface area contributed by atoms with E-state index in [0.717, 1.165) is 38.3 Å². The van der Waals surface area contributed by atoms with Gasteiger partial charge in [-0.25, -0.2) is 0 Å². The maximum Gasteiger partial charge on any atom is 0.227 e. The van der Waals surface area contributed by atoms with E-state index in [1.165, 1.54) is 18.5 Å². The molecule has 4 nitrogen and oxygen atoms in total. The number of amides is 1.